The molecule has 0 N–H and O–H groups in total. The van der Waals surface area contributed by atoms with E-state index in [1.807, 2.05) is 30.3 Å². The predicted molar refractivity (Wildman–Crippen MR) is 61.4 cm³/mol. The van der Waals surface area contributed by atoms with E-state index in [1.54, 1.807) is 0 Å². The molecule has 1 aromatic rings. The van der Waals surface area contributed by atoms with Crippen LogP contribution in [0.25, 0.3) is 6.08 Å². The molecular weight excluding hydrogens is 202 g/mol. The Morgan fingerprint density at radius 3 is 2.50 bits per heavy atom. The average Bonchev–Trinajstić information content (AvgIpc) is 2.35. The van der Waals surface area contributed by atoms with Crippen molar-refractivity contribution < 1.29 is 9.53 Å². The Bertz CT molecular complexity index is 438. The number of methoxy groups -OCH3 is 1. The molecule has 0 aromatic heterocycles. The van der Waals surface area contributed by atoms with Gasteiger partial charge < -0.3 is 4.74 Å². The van der Waals surface area contributed by atoms with Gasteiger partial charge in [0.2, 0.25) is 0 Å². The monoisotopic (exact) mass is 215 g/mol. The van der Waals surface area contributed by atoms with E-state index < -0.39 is 5.97 Å². The van der Waals surface area contributed by atoms with Crippen LogP contribution in [0.3, 0.4) is 0 Å². The molecule has 82 valence electrons. The Morgan fingerprint density at radius 2 is 2.06 bits per heavy atom. The molecule has 16 heavy (non-hydrogen) atoms. The normalized spacial score (nSPS) is 10.7. The maximum absolute atomic E-state index is 11.2. The smallest absolute Gasteiger partial charge is 0.348 e. The molecule has 0 saturated heterocycles. The van der Waals surface area contributed by atoms with Gasteiger partial charge in [-0.05, 0) is 23.6 Å². The highest BCUT2D eigenvalue weighted by atomic mass is 16.5. The van der Waals surface area contributed by atoms with Gasteiger partial charge in [-0.2, -0.15) is 5.26 Å². The molecule has 0 aliphatic heterocycles. The summed E-state index contributed by atoms with van der Waals surface area (Å²) >= 11 is 0. The van der Waals surface area contributed by atoms with Crippen LogP contribution in [0.15, 0.2) is 29.8 Å². The molecular formula is C13H13NO2. The van der Waals surface area contributed by atoms with E-state index >= 15 is 0 Å². The lowest BCUT2D eigenvalue weighted by molar-refractivity contribution is -0.135. The van der Waals surface area contributed by atoms with Crippen LogP contribution < -0.4 is 0 Å². The lowest BCUT2D eigenvalue weighted by Gasteiger charge is -1.99. The van der Waals surface area contributed by atoms with Crippen LogP contribution in [0.1, 0.15) is 18.1 Å². The second-order valence-corrected chi connectivity index (χ2v) is 3.26. The van der Waals surface area contributed by atoms with Gasteiger partial charge in [0.25, 0.3) is 0 Å². The standard InChI is InChI=1S/C13H13NO2/c1-3-10-4-6-11(7-5-10)8-12(9-14)13(15)16-2/h4-8H,3H2,1-2H3. The lowest BCUT2D eigenvalue weighted by atomic mass is 10.1. The largest absolute Gasteiger partial charge is 0.465 e. The van der Waals surface area contributed by atoms with E-state index in [0.29, 0.717) is 0 Å². The molecule has 1 aromatic carbocycles. The summed E-state index contributed by atoms with van der Waals surface area (Å²) in [6.45, 7) is 2.07. The van der Waals surface area contributed by atoms with Crippen LogP contribution in [-0.2, 0) is 16.0 Å². The SMILES string of the molecule is CCc1ccc(C=C(C#N)C(=O)OC)cc1. The first-order valence-corrected chi connectivity index (χ1v) is 5.00. The molecule has 0 fully saturated rings. The van der Waals surface area contributed by atoms with Gasteiger partial charge >= 0.3 is 5.97 Å². The fraction of sp³-hybridized carbons (Fsp3) is 0.231. The number of nitrogens with zero attached hydrogens (tertiary/aromatic N) is 1. The lowest BCUT2D eigenvalue weighted by Crippen LogP contribution is -2.02. The van der Waals surface area contributed by atoms with E-state index in [9.17, 15) is 4.79 Å². The van der Waals surface area contributed by atoms with Crippen molar-refractivity contribution in [3.63, 3.8) is 0 Å². The Morgan fingerprint density at radius 1 is 1.44 bits per heavy atom. The summed E-state index contributed by atoms with van der Waals surface area (Å²) in [5.74, 6) is -0.609. The second kappa shape index (κ2) is 5.72. The minimum absolute atomic E-state index is 0.00625. The van der Waals surface area contributed by atoms with Crippen LogP contribution in [0, 0.1) is 11.3 Å². The third kappa shape index (κ3) is 2.96. The molecule has 3 heteroatoms. The maximum atomic E-state index is 11.2. The summed E-state index contributed by atoms with van der Waals surface area (Å²) in [7, 11) is 1.26. The van der Waals surface area contributed by atoms with Crippen molar-refractivity contribution in [2.75, 3.05) is 7.11 Å². The van der Waals surface area contributed by atoms with Crippen LogP contribution in [0.4, 0.5) is 0 Å². The molecule has 3 nitrogen and oxygen atoms in total. The maximum Gasteiger partial charge on any atom is 0.348 e. The molecule has 0 unspecified atom stereocenters. The van der Waals surface area contributed by atoms with Crippen molar-refractivity contribution in [2.24, 2.45) is 0 Å². The molecule has 0 bridgehead atoms. The van der Waals surface area contributed by atoms with Crippen molar-refractivity contribution in [1.82, 2.24) is 0 Å². The first-order valence-electron chi connectivity index (χ1n) is 5.00. The number of carbonyl (C=O) groups excluding carboxylic acids is 1. The van der Waals surface area contributed by atoms with Crippen molar-refractivity contribution in [1.29, 1.82) is 5.26 Å². The minimum atomic E-state index is -0.609. The van der Waals surface area contributed by atoms with Gasteiger partial charge in [-0.3, -0.25) is 0 Å². The average molecular weight is 215 g/mol. The molecule has 0 aliphatic carbocycles. The summed E-state index contributed by atoms with van der Waals surface area (Å²) in [6, 6.07) is 9.51. The zero-order valence-electron chi connectivity index (χ0n) is 9.36. The summed E-state index contributed by atoms with van der Waals surface area (Å²) in [5.41, 5.74) is 2.04. The predicted octanol–water partition coefficient (Wildman–Crippen LogP) is 2.33. The number of ether oxygens (including phenoxy) is 1. The second-order valence-electron chi connectivity index (χ2n) is 3.26. The number of benzene rings is 1. The van der Waals surface area contributed by atoms with E-state index in [-0.39, 0.29) is 5.57 Å². The molecule has 0 amide bonds. The quantitative estimate of drug-likeness (QED) is 0.441. The molecule has 0 spiro atoms. The molecule has 1 rings (SSSR count). The van der Waals surface area contributed by atoms with Gasteiger partial charge in [-0.1, -0.05) is 31.2 Å². The molecule has 0 aliphatic rings. The van der Waals surface area contributed by atoms with Gasteiger partial charge in [-0.25, -0.2) is 4.79 Å². The fourth-order valence-electron chi connectivity index (χ4n) is 1.26. The Kier molecular flexibility index (Phi) is 4.28. The Hall–Kier alpha value is -2.08. The molecule has 0 atom stereocenters. The number of esters is 1. The summed E-state index contributed by atoms with van der Waals surface area (Å²) in [4.78, 5) is 11.2. The number of rotatable bonds is 3. The number of carbonyl (C=O) groups is 1. The van der Waals surface area contributed by atoms with E-state index in [2.05, 4.69) is 11.7 Å². The van der Waals surface area contributed by atoms with Gasteiger partial charge in [0.1, 0.15) is 11.6 Å². The fourth-order valence-corrected chi connectivity index (χ4v) is 1.26. The van der Waals surface area contributed by atoms with E-state index in [4.69, 9.17) is 5.26 Å². The summed E-state index contributed by atoms with van der Waals surface area (Å²) in [6.07, 6.45) is 2.48. The van der Waals surface area contributed by atoms with Gasteiger partial charge in [0, 0.05) is 0 Å². The third-order valence-electron chi connectivity index (χ3n) is 2.22. The van der Waals surface area contributed by atoms with Crippen molar-refractivity contribution >= 4 is 12.0 Å². The zero-order valence-corrected chi connectivity index (χ0v) is 9.36. The molecule has 0 radical (unpaired) electrons. The summed E-state index contributed by atoms with van der Waals surface area (Å²) < 4.78 is 4.49. The highest BCUT2D eigenvalue weighted by molar-refractivity contribution is 5.97. The van der Waals surface area contributed by atoms with E-state index in [1.165, 1.54) is 18.7 Å². The third-order valence-corrected chi connectivity index (χ3v) is 2.22. The molecule has 0 saturated carbocycles. The highest BCUT2D eigenvalue weighted by Crippen LogP contribution is 2.10. The van der Waals surface area contributed by atoms with Crippen molar-refractivity contribution in [3.8, 4) is 6.07 Å². The van der Waals surface area contributed by atoms with Crippen molar-refractivity contribution in [2.45, 2.75) is 13.3 Å². The van der Waals surface area contributed by atoms with Crippen LogP contribution in [0.5, 0.6) is 0 Å². The Labute approximate surface area is 95.0 Å². The Balaban J connectivity index is 2.96. The van der Waals surface area contributed by atoms with E-state index in [0.717, 1.165) is 12.0 Å². The molecule has 0 heterocycles. The highest BCUT2D eigenvalue weighted by Gasteiger charge is 2.07. The van der Waals surface area contributed by atoms with Crippen LogP contribution in [-0.4, -0.2) is 13.1 Å². The summed E-state index contributed by atoms with van der Waals surface area (Å²) in [5, 5.41) is 8.77. The van der Waals surface area contributed by atoms with Crippen LogP contribution in [0.2, 0.25) is 0 Å². The first-order chi connectivity index (χ1) is 7.71. The van der Waals surface area contributed by atoms with Gasteiger partial charge in [0.15, 0.2) is 0 Å². The zero-order chi connectivity index (χ0) is 12.0. The van der Waals surface area contributed by atoms with Gasteiger partial charge in [0.05, 0.1) is 7.11 Å². The number of hydrogen-bond acceptors (Lipinski definition) is 3. The number of hydrogen-bond donors (Lipinski definition) is 0. The number of aryl methyl sites for hydroxylation is 1. The van der Waals surface area contributed by atoms with Crippen molar-refractivity contribution in [3.05, 3.63) is 41.0 Å². The van der Waals surface area contributed by atoms with Crippen LogP contribution >= 0.6 is 0 Å². The number of nitriles is 1. The minimum Gasteiger partial charge on any atom is -0.465 e. The topological polar surface area (TPSA) is 50.1 Å². The van der Waals surface area contributed by atoms with Gasteiger partial charge in [-0.15, -0.1) is 0 Å². The first kappa shape index (κ1) is 12.0.